The molecule has 0 bridgehead atoms. The quantitative estimate of drug-likeness (QED) is 0.623. The van der Waals surface area contributed by atoms with Crippen LogP contribution in [0.3, 0.4) is 0 Å². The van der Waals surface area contributed by atoms with E-state index in [4.69, 9.17) is 10.7 Å². The molecule has 0 amide bonds. The first-order valence-corrected chi connectivity index (χ1v) is 3.68. The van der Waals surface area contributed by atoms with E-state index in [0.29, 0.717) is 0 Å². The molecule has 1 N–H and O–H groups in total. The highest BCUT2D eigenvalue weighted by atomic mass is 19.4. The number of nitrogens with zero attached hydrogens (tertiary/aromatic N) is 1. The van der Waals surface area contributed by atoms with Gasteiger partial charge in [0.1, 0.15) is 0 Å². The molecule has 0 aromatic carbocycles. The molecule has 5 heteroatoms. The van der Waals surface area contributed by atoms with E-state index >= 15 is 0 Å². The minimum atomic E-state index is -4.41. The van der Waals surface area contributed by atoms with Crippen LogP contribution in [-0.4, -0.2) is 11.9 Å². The van der Waals surface area contributed by atoms with Crippen LogP contribution in [0.1, 0.15) is 12.8 Å². The van der Waals surface area contributed by atoms with Gasteiger partial charge >= 0.3 is 6.18 Å². The predicted octanol–water partition coefficient (Wildman–Crippen LogP) is 2.43. The van der Waals surface area contributed by atoms with Crippen molar-refractivity contribution in [3.63, 3.8) is 0 Å². The molecule has 0 aromatic heterocycles. The molecule has 0 saturated carbocycles. The Morgan fingerprint density at radius 1 is 1.54 bits per heavy atom. The van der Waals surface area contributed by atoms with Crippen LogP contribution in [0.5, 0.6) is 0 Å². The van der Waals surface area contributed by atoms with Crippen molar-refractivity contribution in [1.29, 1.82) is 10.7 Å². The number of hydrogen-bond donors (Lipinski definition) is 1. The van der Waals surface area contributed by atoms with E-state index in [2.05, 4.69) is 0 Å². The first-order chi connectivity index (χ1) is 5.95. The summed E-state index contributed by atoms with van der Waals surface area (Å²) >= 11 is 0. The Morgan fingerprint density at radius 2 is 2.15 bits per heavy atom. The van der Waals surface area contributed by atoms with E-state index < -0.39 is 12.1 Å². The summed E-state index contributed by atoms with van der Waals surface area (Å²) in [6.07, 6.45) is -3.43. The number of hydrogen-bond acceptors (Lipinski definition) is 2. The standard InChI is InChI=1S/C8H7F3N2/c9-8(10,11)7-3-6(13)2-1-5(7)4-12/h1,7,13H,2-3H2. The lowest BCUT2D eigenvalue weighted by atomic mass is 9.87. The third kappa shape index (κ3) is 2.08. The molecule has 0 radical (unpaired) electrons. The average Bonchev–Trinajstić information content (AvgIpc) is 2.03. The largest absolute Gasteiger partial charge is 0.396 e. The van der Waals surface area contributed by atoms with Crippen LogP contribution in [0, 0.1) is 22.7 Å². The summed E-state index contributed by atoms with van der Waals surface area (Å²) in [5.41, 5.74) is -0.232. The number of halogens is 3. The summed E-state index contributed by atoms with van der Waals surface area (Å²) in [5, 5.41) is 15.5. The zero-order valence-corrected chi connectivity index (χ0v) is 6.65. The van der Waals surface area contributed by atoms with Gasteiger partial charge in [0.15, 0.2) is 0 Å². The Kier molecular flexibility index (Phi) is 2.41. The van der Waals surface area contributed by atoms with Gasteiger partial charge in [-0.15, -0.1) is 0 Å². The Balaban J connectivity index is 2.95. The Labute approximate surface area is 73.2 Å². The van der Waals surface area contributed by atoms with Gasteiger partial charge in [-0.25, -0.2) is 0 Å². The van der Waals surface area contributed by atoms with Crippen molar-refractivity contribution in [2.75, 3.05) is 0 Å². The molecule has 0 aromatic rings. The lowest BCUT2D eigenvalue weighted by Crippen LogP contribution is -2.29. The second kappa shape index (κ2) is 3.21. The fourth-order valence-corrected chi connectivity index (χ4v) is 1.23. The molecule has 0 spiro atoms. The van der Waals surface area contributed by atoms with Crippen LogP contribution in [0.2, 0.25) is 0 Å². The molecular weight excluding hydrogens is 181 g/mol. The number of nitriles is 1. The van der Waals surface area contributed by atoms with Crippen LogP contribution >= 0.6 is 0 Å². The van der Waals surface area contributed by atoms with Gasteiger partial charge in [0.25, 0.3) is 0 Å². The molecule has 1 unspecified atom stereocenters. The minimum absolute atomic E-state index is 0.0290. The number of rotatable bonds is 0. The van der Waals surface area contributed by atoms with Gasteiger partial charge < -0.3 is 5.41 Å². The highest BCUT2D eigenvalue weighted by molar-refractivity contribution is 5.85. The van der Waals surface area contributed by atoms with Gasteiger partial charge in [-0.3, -0.25) is 0 Å². The zero-order chi connectivity index (χ0) is 10.1. The molecule has 1 rings (SSSR count). The normalized spacial score (nSPS) is 23.7. The van der Waals surface area contributed by atoms with Crippen molar-refractivity contribution in [2.24, 2.45) is 5.92 Å². The smallest absolute Gasteiger partial charge is 0.309 e. The van der Waals surface area contributed by atoms with E-state index in [-0.39, 0.29) is 24.1 Å². The Hall–Kier alpha value is -1.31. The van der Waals surface area contributed by atoms with Gasteiger partial charge in [-0.05, 0) is 0 Å². The molecule has 0 saturated heterocycles. The highest BCUT2D eigenvalue weighted by Gasteiger charge is 2.43. The number of allylic oxidation sites excluding steroid dienone is 2. The van der Waals surface area contributed by atoms with Gasteiger partial charge in [-0.2, -0.15) is 18.4 Å². The fourth-order valence-electron chi connectivity index (χ4n) is 1.23. The van der Waals surface area contributed by atoms with Gasteiger partial charge in [0.05, 0.1) is 12.0 Å². The lowest BCUT2D eigenvalue weighted by molar-refractivity contribution is -0.161. The van der Waals surface area contributed by atoms with Crippen molar-refractivity contribution >= 4 is 5.71 Å². The summed E-state index contributed by atoms with van der Waals surface area (Å²) in [4.78, 5) is 0. The average molecular weight is 188 g/mol. The Bertz CT molecular complexity index is 295. The summed E-state index contributed by atoms with van der Waals surface area (Å²) in [5.74, 6) is -1.77. The molecule has 1 atom stereocenters. The molecule has 2 nitrogen and oxygen atoms in total. The monoisotopic (exact) mass is 188 g/mol. The van der Waals surface area contributed by atoms with Crippen LogP contribution in [0.4, 0.5) is 13.2 Å². The SMILES string of the molecule is N#CC1=CCC(=N)CC1C(F)(F)F. The van der Waals surface area contributed by atoms with E-state index in [0.717, 1.165) is 0 Å². The zero-order valence-electron chi connectivity index (χ0n) is 6.65. The second-order valence-corrected chi connectivity index (χ2v) is 2.88. The lowest BCUT2D eigenvalue weighted by Gasteiger charge is -2.22. The third-order valence-electron chi connectivity index (χ3n) is 1.92. The Morgan fingerprint density at radius 3 is 2.62 bits per heavy atom. The first kappa shape index (κ1) is 9.78. The van der Waals surface area contributed by atoms with E-state index in [1.165, 1.54) is 12.1 Å². The van der Waals surface area contributed by atoms with Gasteiger partial charge in [-0.1, -0.05) is 6.08 Å². The molecule has 70 valence electrons. The summed E-state index contributed by atoms with van der Waals surface area (Å²) in [6, 6.07) is 1.53. The maximum Gasteiger partial charge on any atom is 0.396 e. The van der Waals surface area contributed by atoms with Crippen LogP contribution in [0.15, 0.2) is 11.6 Å². The van der Waals surface area contributed by atoms with E-state index in [9.17, 15) is 13.2 Å². The minimum Gasteiger partial charge on any atom is -0.309 e. The topological polar surface area (TPSA) is 47.6 Å². The molecule has 13 heavy (non-hydrogen) atoms. The number of alkyl halides is 3. The molecular formula is C8H7F3N2. The third-order valence-corrected chi connectivity index (χ3v) is 1.92. The molecule has 0 fully saturated rings. The maximum atomic E-state index is 12.3. The maximum absolute atomic E-state index is 12.3. The first-order valence-electron chi connectivity index (χ1n) is 3.68. The predicted molar refractivity (Wildman–Crippen MR) is 40.2 cm³/mol. The fraction of sp³-hybridized carbons (Fsp3) is 0.500. The van der Waals surface area contributed by atoms with Crippen molar-refractivity contribution in [3.8, 4) is 6.07 Å². The highest BCUT2D eigenvalue weighted by Crippen LogP contribution is 2.37. The van der Waals surface area contributed by atoms with Crippen molar-refractivity contribution in [3.05, 3.63) is 11.6 Å². The second-order valence-electron chi connectivity index (χ2n) is 2.88. The molecule has 0 aliphatic heterocycles. The summed E-state index contributed by atoms with van der Waals surface area (Å²) in [6.45, 7) is 0. The summed E-state index contributed by atoms with van der Waals surface area (Å²) < 4.78 is 36.8. The molecule has 0 heterocycles. The van der Waals surface area contributed by atoms with Crippen molar-refractivity contribution in [1.82, 2.24) is 0 Å². The molecule has 1 aliphatic rings. The van der Waals surface area contributed by atoms with E-state index in [1.54, 1.807) is 0 Å². The molecule has 1 aliphatic carbocycles. The van der Waals surface area contributed by atoms with Crippen molar-refractivity contribution < 1.29 is 13.2 Å². The van der Waals surface area contributed by atoms with Gasteiger partial charge in [0.2, 0.25) is 0 Å². The van der Waals surface area contributed by atoms with Crippen LogP contribution in [-0.2, 0) is 0 Å². The van der Waals surface area contributed by atoms with Crippen LogP contribution in [0.25, 0.3) is 0 Å². The number of nitrogens with one attached hydrogen (secondary N) is 1. The summed E-state index contributed by atoms with van der Waals surface area (Å²) in [7, 11) is 0. The van der Waals surface area contributed by atoms with E-state index in [1.807, 2.05) is 0 Å². The van der Waals surface area contributed by atoms with Crippen LogP contribution < -0.4 is 0 Å². The van der Waals surface area contributed by atoms with Gasteiger partial charge in [0, 0.05) is 24.1 Å². The van der Waals surface area contributed by atoms with Crippen molar-refractivity contribution in [2.45, 2.75) is 19.0 Å².